The Morgan fingerprint density at radius 2 is 1.69 bits per heavy atom. The maximum absolute atomic E-state index is 14.0. The summed E-state index contributed by atoms with van der Waals surface area (Å²) in [6.07, 6.45) is 0. The Bertz CT molecular complexity index is 1530. The number of fused-ring (bicyclic) bond motifs is 1. The lowest BCUT2D eigenvalue weighted by atomic mass is 10.0. The molecule has 0 saturated carbocycles. The standard InChI is InChI=1S/C27H28N6O2/c1-17-25(18(2)32(5)29-17)27(34)33(16-24-28-22-13-9-10-14-23(22)31(24)4)15-21-19(3)35-30-26(21)20-11-7-6-8-12-20/h6-14H,15-16H2,1-5H3. The minimum absolute atomic E-state index is 0.0974. The fourth-order valence-corrected chi connectivity index (χ4v) is 4.54. The lowest BCUT2D eigenvalue weighted by Crippen LogP contribution is -2.32. The summed E-state index contributed by atoms with van der Waals surface area (Å²) in [5.41, 5.74) is 6.63. The Hall–Kier alpha value is -4.20. The van der Waals surface area contributed by atoms with Crippen LogP contribution in [0.25, 0.3) is 22.3 Å². The first-order valence-corrected chi connectivity index (χ1v) is 11.6. The second-order valence-corrected chi connectivity index (χ2v) is 8.84. The summed E-state index contributed by atoms with van der Waals surface area (Å²) in [6, 6.07) is 17.9. The number of para-hydroxylation sites is 2. The van der Waals surface area contributed by atoms with Crippen LogP contribution in [0.4, 0.5) is 0 Å². The van der Waals surface area contributed by atoms with Crippen LogP contribution in [0, 0.1) is 20.8 Å². The molecule has 0 fully saturated rings. The fraction of sp³-hybridized carbons (Fsp3) is 0.259. The highest BCUT2D eigenvalue weighted by Crippen LogP contribution is 2.28. The van der Waals surface area contributed by atoms with Crippen LogP contribution in [0.15, 0.2) is 59.1 Å². The number of aryl methyl sites for hydroxylation is 4. The molecule has 35 heavy (non-hydrogen) atoms. The van der Waals surface area contributed by atoms with E-state index in [-0.39, 0.29) is 5.91 Å². The molecule has 3 aromatic heterocycles. The van der Waals surface area contributed by atoms with Crippen LogP contribution in [0.5, 0.6) is 0 Å². The number of hydrogen-bond donors (Lipinski definition) is 0. The summed E-state index contributed by atoms with van der Waals surface area (Å²) in [5, 5.41) is 8.79. The van der Waals surface area contributed by atoms with Crippen molar-refractivity contribution in [2.45, 2.75) is 33.9 Å². The first-order chi connectivity index (χ1) is 16.8. The fourth-order valence-electron chi connectivity index (χ4n) is 4.54. The van der Waals surface area contributed by atoms with E-state index in [1.807, 2.05) is 98.9 Å². The molecule has 0 saturated heterocycles. The van der Waals surface area contributed by atoms with Crippen LogP contribution in [-0.4, -0.2) is 35.3 Å². The van der Waals surface area contributed by atoms with E-state index < -0.39 is 0 Å². The summed E-state index contributed by atoms with van der Waals surface area (Å²) < 4.78 is 9.37. The zero-order valence-corrected chi connectivity index (χ0v) is 20.6. The van der Waals surface area contributed by atoms with Gasteiger partial charge in [0.05, 0.1) is 35.4 Å². The van der Waals surface area contributed by atoms with Gasteiger partial charge in [0.15, 0.2) is 0 Å². The number of aromatic nitrogens is 5. The molecule has 1 amide bonds. The quantitative estimate of drug-likeness (QED) is 0.360. The van der Waals surface area contributed by atoms with Crippen molar-refractivity contribution in [1.82, 2.24) is 29.4 Å². The summed E-state index contributed by atoms with van der Waals surface area (Å²) >= 11 is 0. The summed E-state index contributed by atoms with van der Waals surface area (Å²) in [5.74, 6) is 1.39. The highest BCUT2D eigenvalue weighted by molar-refractivity contribution is 5.96. The predicted octanol–water partition coefficient (Wildman–Crippen LogP) is 4.73. The van der Waals surface area contributed by atoms with E-state index in [9.17, 15) is 4.79 Å². The molecule has 3 heterocycles. The molecule has 8 heteroatoms. The van der Waals surface area contributed by atoms with Crippen molar-refractivity contribution in [3.63, 3.8) is 0 Å². The monoisotopic (exact) mass is 468 g/mol. The van der Waals surface area contributed by atoms with E-state index in [4.69, 9.17) is 9.51 Å². The van der Waals surface area contributed by atoms with Crippen molar-refractivity contribution in [1.29, 1.82) is 0 Å². The van der Waals surface area contributed by atoms with Gasteiger partial charge in [-0.25, -0.2) is 4.98 Å². The Morgan fingerprint density at radius 3 is 2.37 bits per heavy atom. The van der Waals surface area contributed by atoms with Crippen molar-refractivity contribution >= 4 is 16.9 Å². The van der Waals surface area contributed by atoms with Crippen LogP contribution in [0.2, 0.25) is 0 Å². The zero-order chi connectivity index (χ0) is 24.7. The van der Waals surface area contributed by atoms with E-state index >= 15 is 0 Å². The van der Waals surface area contributed by atoms with Gasteiger partial charge in [0.2, 0.25) is 0 Å². The second kappa shape index (κ2) is 8.87. The molecule has 5 rings (SSSR count). The molecule has 0 radical (unpaired) electrons. The molecule has 0 N–H and O–H groups in total. The molecule has 0 bridgehead atoms. The van der Waals surface area contributed by atoms with Crippen LogP contribution in [0.3, 0.4) is 0 Å². The summed E-state index contributed by atoms with van der Waals surface area (Å²) in [7, 11) is 3.83. The largest absolute Gasteiger partial charge is 0.361 e. The molecular formula is C27H28N6O2. The maximum atomic E-state index is 14.0. The van der Waals surface area contributed by atoms with Gasteiger partial charge in [-0.2, -0.15) is 5.10 Å². The maximum Gasteiger partial charge on any atom is 0.258 e. The SMILES string of the molecule is Cc1nn(C)c(C)c1C(=O)N(Cc1c(-c2ccccc2)noc1C)Cc1nc2ccccc2n1C. The molecule has 0 atom stereocenters. The molecule has 0 aliphatic heterocycles. The van der Waals surface area contributed by atoms with E-state index in [1.54, 1.807) is 4.68 Å². The number of hydrogen-bond acceptors (Lipinski definition) is 5. The average Bonchev–Trinajstić information content (AvgIpc) is 3.46. The van der Waals surface area contributed by atoms with Gasteiger partial charge in [-0.3, -0.25) is 9.48 Å². The topological polar surface area (TPSA) is 82.0 Å². The van der Waals surface area contributed by atoms with Crippen molar-refractivity contribution in [2.24, 2.45) is 14.1 Å². The van der Waals surface area contributed by atoms with Crippen molar-refractivity contribution in [2.75, 3.05) is 0 Å². The third-order valence-corrected chi connectivity index (χ3v) is 6.60. The first kappa shape index (κ1) is 22.6. The molecule has 0 unspecified atom stereocenters. The molecule has 2 aromatic carbocycles. The van der Waals surface area contributed by atoms with Gasteiger partial charge < -0.3 is 14.0 Å². The third kappa shape index (κ3) is 4.01. The Balaban J connectivity index is 1.59. The van der Waals surface area contributed by atoms with Crippen LogP contribution in [-0.2, 0) is 27.2 Å². The average molecular weight is 469 g/mol. The molecule has 0 spiro atoms. The number of carbonyl (C=O) groups excluding carboxylic acids is 1. The Morgan fingerprint density at radius 1 is 0.971 bits per heavy atom. The van der Waals surface area contributed by atoms with Crippen LogP contribution < -0.4 is 0 Å². The highest BCUT2D eigenvalue weighted by atomic mass is 16.5. The van der Waals surface area contributed by atoms with Gasteiger partial charge in [-0.15, -0.1) is 0 Å². The number of imidazole rings is 1. The molecule has 0 aliphatic rings. The summed E-state index contributed by atoms with van der Waals surface area (Å²) in [6.45, 7) is 6.33. The van der Waals surface area contributed by atoms with Crippen LogP contribution >= 0.6 is 0 Å². The van der Waals surface area contributed by atoms with Gasteiger partial charge in [0.1, 0.15) is 17.3 Å². The number of nitrogens with zero attached hydrogens (tertiary/aromatic N) is 6. The number of carbonyl (C=O) groups is 1. The van der Waals surface area contributed by atoms with E-state index in [0.29, 0.717) is 30.1 Å². The molecule has 5 aromatic rings. The number of amides is 1. The number of rotatable bonds is 6. The minimum Gasteiger partial charge on any atom is -0.361 e. The van der Waals surface area contributed by atoms with Gasteiger partial charge in [-0.05, 0) is 32.9 Å². The molecule has 0 aliphatic carbocycles. The lowest BCUT2D eigenvalue weighted by molar-refractivity contribution is 0.0722. The minimum atomic E-state index is -0.0974. The van der Waals surface area contributed by atoms with Crippen molar-refractivity contribution < 1.29 is 9.32 Å². The highest BCUT2D eigenvalue weighted by Gasteiger charge is 2.27. The zero-order valence-electron chi connectivity index (χ0n) is 20.6. The van der Waals surface area contributed by atoms with Gasteiger partial charge >= 0.3 is 0 Å². The van der Waals surface area contributed by atoms with Gasteiger partial charge in [0, 0.05) is 30.9 Å². The van der Waals surface area contributed by atoms with Crippen molar-refractivity contribution in [3.05, 3.63) is 88.7 Å². The Kier molecular flexibility index (Phi) is 5.72. The number of benzene rings is 2. The molecule has 8 nitrogen and oxygen atoms in total. The third-order valence-electron chi connectivity index (χ3n) is 6.60. The van der Waals surface area contributed by atoms with E-state index in [1.165, 1.54) is 0 Å². The van der Waals surface area contributed by atoms with Gasteiger partial charge in [0.25, 0.3) is 5.91 Å². The smallest absolute Gasteiger partial charge is 0.258 e. The van der Waals surface area contributed by atoms with Gasteiger partial charge in [-0.1, -0.05) is 47.6 Å². The second-order valence-electron chi connectivity index (χ2n) is 8.84. The van der Waals surface area contributed by atoms with Crippen LogP contribution in [0.1, 0.15) is 38.9 Å². The molecular weight excluding hydrogens is 440 g/mol. The normalized spacial score (nSPS) is 11.3. The van der Waals surface area contributed by atoms with Crippen molar-refractivity contribution in [3.8, 4) is 11.3 Å². The van der Waals surface area contributed by atoms with E-state index in [0.717, 1.165) is 39.4 Å². The lowest BCUT2D eigenvalue weighted by Gasteiger charge is -2.23. The molecule has 178 valence electrons. The summed E-state index contributed by atoms with van der Waals surface area (Å²) in [4.78, 5) is 20.6. The van der Waals surface area contributed by atoms with E-state index in [2.05, 4.69) is 10.3 Å². The Labute approximate surface area is 203 Å². The predicted molar refractivity (Wildman–Crippen MR) is 134 cm³/mol. The first-order valence-electron chi connectivity index (χ1n) is 11.6.